The van der Waals surface area contributed by atoms with Gasteiger partial charge in [-0.2, -0.15) is 18.2 Å². The summed E-state index contributed by atoms with van der Waals surface area (Å²) in [6, 6.07) is 2.58. The molecule has 44 heavy (non-hydrogen) atoms. The van der Waals surface area contributed by atoms with Gasteiger partial charge in [0.25, 0.3) is 0 Å². The molecular formula is C30H32F5N5O3S. The maximum atomic E-state index is 15.2. The molecule has 2 aliphatic heterocycles. The lowest BCUT2D eigenvalue weighted by Crippen LogP contribution is -2.58. The summed E-state index contributed by atoms with van der Waals surface area (Å²) in [5.74, 6) is -2.16. The van der Waals surface area contributed by atoms with Crippen LogP contribution < -0.4 is 15.9 Å². The standard InChI is InChI=1S/C30H32F5N5O3S/c1-5-24(41)40-16(2)12-38(13-17(40)3)28-21-11-22(30(33,34)35)25(20-7-6-18(31)10-23(20)32)27-26(21)39(29(42)37-28)14-19(15-44-27)43-9-8-36-4/h5-7,10-11,16-17,19,36H,1,8-9,12-15H2,2-4H3. The minimum absolute atomic E-state index is 0.0114. The maximum absolute atomic E-state index is 15.2. The Hall–Kier alpha value is -3.49. The highest BCUT2D eigenvalue weighted by atomic mass is 32.2. The number of carbonyl (C=O) groups is 1. The summed E-state index contributed by atoms with van der Waals surface area (Å²) in [4.78, 5) is 33.9. The maximum Gasteiger partial charge on any atom is 0.417 e. The van der Waals surface area contributed by atoms with Crippen LogP contribution in [-0.4, -0.2) is 77.6 Å². The molecule has 1 amide bonds. The number of aromatic nitrogens is 2. The number of halogens is 5. The van der Waals surface area contributed by atoms with Crippen LogP contribution in [0.25, 0.3) is 22.0 Å². The van der Waals surface area contributed by atoms with Crippen LogP contribution in [0.2, 0.25) is 0 Å². The second-order valence-corrected chi connectivity index (χ2v) is 12.0. The number of rotatable bonds is 7. The van der Waals surface area contributed by atoms with E-state index in [4.69, 9.17) is 4.74 Å². The fourth-order valence-corrected chi connectivity index (χ4v) is 7.30. The molecule has 5 rings (SSSR count). The van der Waals surface area contributed by atoms with Crippen LogP contribution in [0.3, 0.4) is 0 Å². The molecule has 2 aliphatic rings. The number of nitrogens with zero attached hydrogens (tertiary/aromatic N) is 4. The fraction of sp³-hybridized carbons (Fsp3) is 0.433. The highest BCUT2D eigenvalue weighted by Crippen LogP contribution is 2.49. The van der Waals surface area contributed by atoms with Crippen molar-refractivity contribution in [2.75, 3.05) is 43.9 Å². The average Bonchev–Trinajstić information content (AvgIpc) is 3.15. The Morgan fingerprint density at radius 3 is 2.50 bits per heavy atom. The Morgan fingerprint density at radius 1 is 1.18 bits per heavy atom. The number of piperazine rings is 1. The largest absolute Gasteiger partial charge is 0.417 e. The molecule has 236 valence electrons. The van der Waals surface area contributed by atoms with Gasteiger partial charge in [-0.15, -0.1) is 11.8 Å². The van der Waals surface area contributed by atoms with Crippen LogP contribution >= 0.6 is 11.8 Å². The van der Waals surface area contributed by atoms with E-state index in [1.165, 1.54) is 10.6 Å². The lowest BCUT2D eigenvalue weighted by Gasteiger charge is -2.44. The first-order valence-electron chi connectivity index (χ1n) is 14.1. The molecule has 3 unspecified atom stereocenters. The fourth-order valence-electron chi connectivity index (χ4n) is 6.02. The predicted molar refractivity (Wildman–Crippen MR) is 159 cm³/mol. The first-order valence-corrected chi connectivity index (χ1v) is 15.1. The van der Waals surface area contributed by atoms with Crippen LogP contribution in [0.4, 0.5) is 27.8 Å². The third-order valence-electron chi connectivity index (χ3n) is 7.86. The van der Waals surface area contributed by atoms with Crippen molar-refractivity contribution in [1.82, 2.24) is 19.8 Å². The second-order valence-electron chi connectivity index (χ2n) is 10.9. The van der Waals surface area contributed by atoms with Gasteiger partial charge in [0.1, 0.15) is 17.5 Å². The summed E-state index contributed by atoms with van der Waals surface area (Å²) >= 11 is 1.03. The van der Waals surface area contributed by atoms with E-state index in [2.05, 4.69) is 16.9 Å². The number of likely N-dealkylation sites (N-methyl/N-ethyl adjacent to an activating group) is 1. The van der Waals surface area contributed by atoms with E-state index in [-0.39, 0.29) is 71.6 Å². The molecule has 1 fully saturated rings. The van der Waals surface area contributed by atoms with E-state index in [0.29, 0.717) is 12.6 Å². The van der Waals surface area contributed by atoms with Gasteiger partial charge in [0.2, 0.25) is 5.91 Å². The normalized spacial score (nSPS) is 20.6. The van der Waals surface area contributed by atoms with E-state index < -0.39 is 46.3 Å². The molecule has 1 aromatic heterocycles. The van der Waals surface area contributed by atoms with Crippen molar-refractivity contribution in [2.45, 2.75) is 49.7 Å². The molecule has 0 spiro atoms. The van der Waals surface area contributed by atoms with E-state index >= 15 is 4.39 Å². The van der Waals surface area contributed by atoms with E-state index in [0.717, 1.165) is 30.0 Å². The molecule has 1 saturated heterocycles. The SMILES string of the molecule is C=CC(=O)N1C(C)CN(c2nc(=O)n3c4c(c(-c5ccc(F)cc5F)c(C(F)(F)F)cc24)SCC(OCCNC)C3)CC1C. The first kappa shape index (κ1) is 31.9. The zero-order chi connectivity index (χ0) is 31.9. The van der Waals surface area contributed by atoms with E-state index in [1.807, 2.05) is 0 Å². The Labute approximate surface area is 254 Å². The van der Waals surface area contributed by atoms with Gasteiger partial charge < -0.3 is 19.9 Å². The lowest BCUT2D eigenvalue weighted by molar-refractivity contribution is -0.137. The highest BCUT2D eigenvalue weighted by molar-refractivity contribution is 7.99. The van der Waals surface area contributed by atoms with Gasteiger partial charge in [0.05, 0.1) is 30.3 Å². The molecular weight excluding hydrogens is 605 g/mol. The van der Waals surface area contributed by atoms with Gasteiger partial charge in [-0.3, -0.25) is 9.36 Å². The topological polar surface area (TPSA) is 79.7 Å². The quantitative estimate of drug-likeness (QED) is 0.229. The minimum Gasteiger partial charge on any atom is -0.374 e. The molecule has 14 heteroatoms. The number of hydrogen-bond acceptors (Lipinski definition) is 7. The van der Waals surface area contributed by atoms with Gasteiger partial charge in [-0.05, 0) is 45.2 Å². The number of carbonyl (C=O) groups excluding carboxylic acids is 1. The first-order chi connectivity index (χ1) is 20.8. The number of alkyl halides is 3. The van der Waals surface area contributed by atoms with Crippen molar-refractivity contribution in [3.05, 3.63) is 64.6 Å². The summed E-state index contributed by atoms with van der Waals surface area (Å²) < 4.78 is 80.9. The van der Waals surface area contributed by atoms with Crippen LogP contribution in [-0.2, 0) is 22.3 Å². The smallest absolute Gasteiger partial charge is 0.374 e. The van der Waals surface area contributed by atoms with Gasteiger partial charge in [-0.25, -0.2) is 13.6 Å². The van der Waals surface area contributed by atoms with Crippen molar-refractivity contribution in [3.8, 4) is 11.1 Å². The zero-order valence-electron chi connectivity index (χ0n) is 24.4. The summed E-state index contributed by atoms with van der Waals surface area (Å²) in [6.45, 7) is 8.36. The van der Waals surface area contributed by atoms with Gasteiger partial charge in [0.15, 0.2) is 0 Å². The number of ether oxygens (including phenoxy) is 1. The molecule has 3 heterocycles. The molecule has 8 nitrogen and oxygen atoms in total. The van der Waals surface area contributed by atoms with Crippen molar-refractivity contribution in [2.24, 2.45) is 0 Å². The molecule has 3 aromatic rings. The van der Waals surface area contributed by atoms with Crippen molar-refractivity contribution >= 4 is 34.4 Å². The van der Waals surface area contributed by atoms with E-state index in [1.54, 1.807) is 30.7 Å². The third-order valence-corrected chi connectivity index (χ3v) is 9.08. The molecule has 0 saturated carbocycles. The van der Waals surface area contributed by atoms with Gasteiger partial charge in [-0.1, -0.05) is 6.58 Å². The number of benzene rings is 2. The number of hydrogen-bond donors (Lipinski definition) is 1. The van der Waals surface area contributed by atoms with Crippen molar-refractivity contribution < 1.29 is 31.5 Å². The number of anilines is 1. The van der Waals surface area contributed by atoms with Crippen LogP contribution in [0.15, 0.2) is 46.6 Å². The van der Waals surface area contributed by atoms with Crippen LogP contribution in [0.5, 0.6) is 0 Å². The Bertz CT molecular complexity index is 1650. The zero-order valence-corrected chi connectivity index (χ0v) is 25.2. The molecule has 2 aromatic carbocycles. The molecule has 3 atom stereocenters. The summed E-state index contributed by atoms with van der Waals surface area (Å²) in [6.07, 6.45) is -4.30. The monoisotopic (exact) mass is 637 g/mol. The summed E-state index contributed by atoms with van der Waals surface area (Å²) in [5.41, 5.74) is -2.58. The Morgan fingerprint density at radius 2 is 1.89 bits per heavy atom. The summed E-state index contributed by atoms with van der Waals surface area (Å²) in [7, 11) is 1.74. The highest BCUT2D eigenvalue weighted by Gasteiger charge is 2.40. The molecule has 0 radical (unpaired) electrons. The number of amides is 1. The summed E-state index contributed by atoms with van der Waals surface area (Å²) in [5, 5.41) is 3.02. The molecule has 0 bridgehead atoms. The van der Waals surface area contributed by atoms with Crippen molar-refractivity contribution in [3.63, 3.8) is 0 Å². The Balaban J connectivity index is 1.79. The average molecular weight is 638 g/mol. The van der Waals surface area contributed by atoms with Gasteiger partial charge >= 0.3 is 11.9 Å². The minimum atomic E-state index is -4.94. The Kier molecular flexibility index (Phi) is 9.06. The molecule has 0 aliphatic carbocycles. The van der Waals surface area contributed by atoms with E-state index in [9.17, 15) is 27.2 Å². The van der Waals surface area contributed by atoms with Crippen molar-refractivity contribution in [1.29, 1.82) is 0 Å². The number of thioether (sulfide) groups is 1. The third kappa shape index (κ3) is 5.94. The van der Waals surface area contributed by atoms with Crippen LogP contribution in [0.1, 0.15) is 19.4 Å². The second kappa shape index (κ2) is 12.5. The van der Waals surface area contributed by atoms with Crippen LogP contribution in [0, 0.1) is 11.6 Å². The lowest BCUT2D eigenvalue weighted by atomic mass is 9.95. The molecule has 1 N–H and O–H groups in total. The van der Waals surface area contributed by atoms with Gasteiger partial charge in [0, 0.05) is 64.9 Å². The number of nitrogens with one attached hydrogen (secondary N) is 1. The predicted octanol–water partition coefficient (Wildman–Crippen LogP) is 4.68.